The van der Waals surface area contributed by atoms with E-state index in [1.807, 2.05) is 37.3 Å². The zero-order valence-electron chi connectivity index (χ0n) is 12.7. The fraction of sp³-hybridized carbons (Fsp3) is 0.235. The highest BCUT2D eigenvalue weighted by Crippen LogP contribution is 2.16. The van der Waals surface area contributed by atoms with Crippen LogP contribution in [0, 0.1) is 6.92 Å². The Morgan fingerprint density at radius 1 is 1.00 bits per heavy atom. The topological polar surface area (TPSA) is 54.5 Å². The molecule has 2 rings (SSSR count). The maximum absolute atomic E-state index is 12.4. The number of carbonyl (C=O) groups excluding carboxylic acids is 1. The maximum atomic E-state index is 12.4. The highest BCUT2D eigenvalue weighted by Gasteiger charge is 2.24. The first kappa shape index (κ1) is 16.2. The standard InChI is InChI=1S/C17H19NO3S/c1-14-8-11-16(12-9-14)22(20,21)18(2)17(19)13-10-15-6-4-3-5-7-15/h3-9,11-12H,10,13H2,1-2H3. The average Bonchev–Trinajstić information content (AvgIpc) is 2.53. The van der Waals surface area contributed by atoms with E-state index in [4.69, 9.17) is 0 Å². The average molecular weight is 317 g/mol. The third kappa shape index (κ3) is 3.74. The SMILES string of the molecule is Cc1ccc(S(=O)(=O)N(C)C(=O)CCc2ccccc2)cc1. The summed E-state index contributed by atoms with van der Waals surface area (Å²) in [4.78, 5) is 12.3. The Hall–Kier alpha value is -2.14. The summed E-state index contributed by atoms with van der Waals surface area (Å²) in [5, 5.41) is 0. The number of hydrogen-bond acceptors (Lipinski definition) is 3. The number of sulfonamides is 1. The molecular weight excluding hydrogens is 298 g/mol. The normalized spacial score (nSPS) is 11.2. The number of rotatable bonds is 5. The Kier molecular flexibility index (Phi) is 4.98. The summed E-state index contributed by atoms with van der Waals surface area (Å²) in [7, 11) is -2.47. The van der Waals surface area contributed by atoms with Gasteiger partial charge in [0.05, 0.1) is 4.90 Å². The third-order valence-corrected chi connectivity index (χ3v) is 5.29. The molecule has 4 nitrogen and oxygen atoms in total. The van der Waals surface area contributed by atoms with Crippen molar-refractivity contribution in [1.29, 1.82) is 0 Å². The molecular formula is C17H19NO3S. The summed E-state index contributed by atoms with van der Waals surface area (Å²) in [5.74, 6) is -0.413. The summed E-state index contributed by atoms with van der Waals surface area (Å²) in [6.07, 6.45) is 0.680. The van der Waals surface area contributed by atoms with Gasteiger partial charge in [0.1, 0.15) is 0 Å². The van der Waals surface area contributed by atoms with E-state index in [0.29, 0.717) is 6.42 Å². The molecule has 116 valence electrons. The van der Waals surface area contributed by atoms with E-state index in [1.165, 1.54) is 19.2 Å². The predicted molar refractivity (Wildman–Crippen MR) is 85.9 cm³/mol. The van der Waals surface area contributed by atoms with Gasteiger partial charge in [0, 0.05) is 13.5 Å². The summed E-state index contributed by atoms with van der Waals surface area (Å²) in [6.45, 7) is 1.88. The van der Waals surface area contributed by atoms with Crippen molar-refractivity contribution in [3.8, 4) is 0 Å². The molecule has 0 radical (unpaired) electrons. The second kappa shape index (κ2) is 6.75. The van der Waals surface area contributed by atoms with Gasteiger partial charge in [-0.15, -0.1) is 0 Å². The van der Waals surface area contributed by atoms with Gasteiger partial charge >= 0.3 is 0 Å². The monoisotopic (exact) mass is 317 g/mol. The van der Waals surface area contributed by atoms with Crippen LogP contribution in [0.4, 0.5) is 0 Å². The van der Waals surface area contributed by atoms with Crippen LogP contribution in [0.15, 0.2) is 59.5 Å². The summed E-state index contributed by atoms with van der Waals surface area (Å²) in [5.41, 5.74) is 1.98. The van der Waals surface area contributed by atoms with Gasteiger partial charge in [-0.2, -0.15) is 0 Å². The molecule has 2 aromatic rings. The zero-order valence-corrected chi connectivity index (χ0v) is 13.5. The fourth-order valence-corrected chi connectivity index (χ4v) is 3.21. The molecule has 0 N–H and O–H groups in total. The maximum Gasteiger partial charge on any atom is 0.266 e. The van der Waals surface area contributed by atoms with E-state index in [2.05, 4.69) is 0 Å². The molecule has 0 saturated heterocycles. The zero-order chi connectivity index (χ0) is 16.2. The van der Waals surface area contributed by atoms with Crippen LogP contribution in [0.3, 0.4) is 0 Å². The van der Waals surface area contributed by atoms with E-state index in [1.54, 1.807) is 12.1 Å². The lowest BCUT2D eigenvalue weighted by atomic mass is 10.1. The van der Waals surface area contributed by atoms with E-state index in [0.717, 1.165) is 15.4 Å². The van der Waals surface area contributed by atoms with Gasteiger partial charge in [-0.3, -0.25) is 4.79 Å². The summed E-state index contributed by atoms with van der Waals surface area (Å²) >= 11 is 0. The smallest absolute Gasteiger partial charge is 0.266 e. The lowest BCUT2D eigenvalue weighted by Crippen LogP contribution is -2.33. The summed E-state index contributed by atoms with van der Waals surface area (Å²) in [6, 6.07) is 16.0. The quantitative estimate of drug-likeness (QED) is 0.852. The first-order valence-corrected chi connectivity index (χ1v) is 8.47. The van der Waals surface area contributed by atoms with Gasteiger partial charge in [0.25, 0.3) is 10.0 Å². The highest BCUT2D eigenvalue weighted by molar-refractivity contribution is 7.89. The van der Waals surface area contributed by atoms with Crippen molar-refractivity contribution < 1.29 is 13.2 Å². The highest BCUT2D eigenvalue weighted by atomic mass is 32.2. The molecule has 5 heteroatoms. The molecule has 1 amide bonds. The number of benzene rings is 2. The number of aryl methyl sites for hydroxylation is 2. The lowest BCUT2D eigenvalue weighted by molar-refractivity contribution is -0.125. The number of nitrogens with zero attached hydrogens (tertiary/aromatic N) is 1. The van der Waals surface area contributed by atoms with Crippen LogP contribution in [0.5, 0.6) is 0 Å². The van der Waals surface area contributed by atoms with Crippen molar-refractivity contribution in [3.05, 3.63) is 65.7 Å². The van der Waals surface area contributed by atoms with Gasteiger partial charge in [-0.05, 0) is 31.0 Å². The van der Waals surface area contributed by atoms with Crippen molar-refractivity contribution in [2.75, 3.05) is 7.05 Å². The van der Waals surface area contributed by atoms with E-state index in [9.17, 15) is 13.2 Å². The minimum absolute atomic E-state index is 0.133. The molecule has 0 spiro atoms. The van der Waals surface area contributed by atoms with Crippen LogP contribution in [0.1, 0.15) is 17.5 Å². The van der Waals surface area contributed by atoms with Crippen molar-refractivity contribution in [3.63, 3.8) is 0 Å². The predicted octanol–water partition coefficient (Wildman–Crippen LogP) is 2.77. The van der Waals surface area contributed by atoms with Crippen LogP contribution >= 0.6 is 0 Å². The van der Waals surface area contributed by atoms with Crippen LogP contribution in [-0.2, 0) is 21.2 Å². The van der Waals surface area contributed by atoms with Crippen LogP contribution in [-0.4, -0.2) is 25.7 Å². The van der Waals surface area contributed by atoms with Crippen molar-refractivity contribution in [2.45, 2.75) is 24.7 Å². The molecule has 0 saturated carbocycles. The Labute approximate surface area is 131 Å². The van der Waals surface area contributed by atoms with Crippen LogP contribution in [0.2, 0.25) is 0 Å². The van der Waals surface area contributed by atoms with Gasteiger partial charge in [0.2, 0.25) is 5.91 Å². The minimum atomic E-state index is -3.78. The van der Waals surface area contributed by atoms with Crippen LogP contribution in [0.25, 0.3) is 0 Å². The van der Waals surface area contributed by atoms with Crippen molar-refractivity contribution in [2.24, 2.45) is 0 Å². The molecule has 0 aliphatic heterocycles. The van der Waals surface area contributed by atoms with Gasteiger partial charge in [-0.25, -0.2) is 12.7 Å². The van der Waals surface area contributed by atoms with E-state index >= 15 is 0 Å². The molecule has 0 heterocycles. The van der Waals surface area contributed by atoms with E-state index in [-0.39, 0.29) is 11.3 Å². The van der Waals surface area contributed by atoms with Gasteiger partial charge in [0.15, 0.2) is 0 Å². The molecule has 0 bridgehead atoms. The van der Waals surface area contributed by atoms with Crippen molar-refractivity contribution in [1.82, 2.24) is 4.31 Å². The molecule has 0 aliphatic carbocycles. The van der Waals surface area contributed by atoms with E-state index < -0.39 is 15.9 Å². The van der Waals surface area contributed by atoms with Gasteiger partial charge in [-0.1, -0.05) is 48.0 Å². The lowest BCUT2D eigenvalue weighted by Gasteiger charge is -2.17. The van der Waals surface area contributed by atoms with Crippen LogP contribution < -0.4 is 0 Å². The second-order valence-electron chi connectivity index (χ2n) is 5.16. The molecule has 0 unspecified atom stereocenters. The second-order valence-corrected chi connectivity index (χ2v) is 7.13. The number of amides is 1. The van der Waals surface area contributed by atoms with Crippen molar-refractivity contribution >= 4 is 15.9 Å². The number of carbonyl (C=O) groups is 1. The first-order valence-electron chi connectivity index (χ1n) is 7.03. The van der Waals surface area contributed by atoms with Gasteiger partial charge < -0.3 is 0 Å². The third-order valence-electron chi connectivity index (χ3n) is 3.50. The Bertz CT molecular complexity index is 737. The molecule has 22 heavy (non-hydrogen) atoms. The Morgan fingerprint density at radius 2 is 1.59 bits per heavy atom. The minimum Gasteiger partial charge on any atom is -0.274 e. The molecule has 0 aromatic heterocycles. The Morgan fingerprint density at radius 3 is 2.18 bits per heavy atom. The Balaban J connectivity index is 2.07. The molecule has 2 aromatic carbocycles. The summed E-state index contributed by atoms with van der Waals surface area (Å²) < 4.78 is 25.6. The molecule has 0 aliphatic rings. The number of hydrogen-bond donors (Lipinski definition) is 0. The fourth-order valence-electron chi connectivity index (χ4n) is 2.06. The molecule has 0 atom stereocenters. The first-order chi connectivity index (χ1) is 10.4. The molecule has 0 fully saturated rings. The largest absolute Gasteiger partial charge is 0.274 e.